The Morgan fingerprint density at radius 2 is 2.00 bits per heavy atom. The van der Waals surface area contributed by atoms with Gasteiger partial charge in [0.05, 0.1) is 13.2 Å². The minimum atomic E-state index is -0.109. The molecule has 1 saturated heterocycles. The predicted molar refractivity (Wildman–Crippen MR) is 113 cm³/mol. The van der Waals surface area contributed by atoms with Gasteiger partial charge in [0.1, 0.15) is 12.0 Å². The first-order valence-electron chi connectivity index (χ1n) is 9.64. The second kappa shape index (κ2) is 8.91. The first kappa shape index (κ1) is 19.8. The monoisotopic (exact) mass is 420 g/mol. The number of hydrogen-bond donors (Lipinski definition) is 0. The minimum absolute atomic E-state index is 0.109. The van der Waals surface area contributed by atoms with Crippen LogP contribution in [0.4, 0.5) is 0 Å². The number of hydrogen-bond acceptors (Lipinski definition) is 6. The summed E-state index contributed by atoms with van der Waals surface area (Å²) in [5.41, 5.74) is 2.41. The quantitative estimate of drug-likeness (QED) is 0.653. The van der Waals surface area contributed by atoms with E-state index in [1.54, 1.807) is 18.0 Å². The molecule has 1 fully saturated rings. The Kier molecular flexibility index (Phi) is 6.31. The van der Waals surface area contributed by atoms with Crippen LogP contribution in [0.3, 0.4) is 0 Å². The topological polar surface area (TPSA) is 45.9 Å². The molecule has 0 spiro atoms. The first-order chi connectivity index (χ1) is 13.6. The van der Waals surface area contributed by atoms with Crippen molar-refractivity contribution in [2.45, 2.75) is 32.5 Å². The van der Waals surface area contributed by atoms with Crippen molar-refractivity contribution >= 4 is 23.5 Å². The lowest BCUT2D eigenvalue weighted by atomic mass is 9.99. The van der Waals surface area contributed by atoms with E-state index in [-0.39, 0.29) is 5.43 Å². The van der Waals surface area contributed by atoms with Gasteiger partial charge in [-0.15, -0.1) is 0 Å². The van der Waals surface area contributed by atoms with Crippen LogP contribution >= 0.6 is 23.5 Å². The number of rotatable bonds is 6. The minimum Gasteiger partial charge on any atom is -0.486 e. The number of fused-ring (bicyclic) bond motifs is 1. The van der Waals surface area contributed by atoms with Crippen LogP contribution in [-0.2, 0) is 19.6 Å². The summed E-state index contributed by atoms with van der Waals surface area (Å²) in [5.74, 6) is 1.47. The molecule has 4 rings (SSSR count). The molecule has 0 amide bonds. The van der Waals surface area contributed by atoms with E-state index in [1.165, 1.54) is 17.4 Å². The number of piperidine rings is 1. The van der Waals surface area contributed by atoms with E-state index in [0.29, 0.717) is 30.6 Å². The van der Waals surface area contributed by atoms with Gasteiger partial charge in [0.15, 0.2) is 0 Å². The third-order valence-corrected chi connectivity index (χ3v) is 6.61. The van der Waals surface area contributed by atoms with Crippen molar-refractivity contribution in [2.75, 3.05) is 26.0 Å². The third-order valence-electron chi connectivity index (χ3n) is 5.49. The van der Waals surface area contributed by atoms with E-state index < -0.39 is 0 Å². The maximum atomic E-state index is 12.4. The number of ether oxygens (including phenoxy) is 1. The lowest BCUT2D eigenvalue weighted by molar-refractivity contribution is 0.184. The molecule has 0 bridgehead atoms. The van der Waals surface area contributed by atoms with Gasteiger partial charge in [-0.25, -0.2) is 0 Å². The highest BCUT2D eigenvalue weighted by Crippen LogP contribution is 2.27. The Morgan fingerprint density at radius 1 is 1.21 bits per heavy atom. The summed E-state index contributed by atoms with van der Waals surface area (Å²) in [6.45, 7) is 4.97. The Morgan fingerprint density at radius 3 is 2.75 bits per heavy atom. The molecule has 0 unspecified atom stereocenters. The second-order valence-corrected chi connectivity index (χ2v) is 8.82. The summed E-state index contributed by atoms with van der Waals surface area (Å²) in [6, 6.07) is 7.55. The Hall–Kier alpha value is -1.47. The van der Waals surface area contributed by atoms with Crippen molar-refractivity contribution in [3.8, 4) is 5.75 Å². The van der Waals surface area contributed by atoms with Gasteiger partial charge in [-0.3, -0.25) is 14.0 Å². The van der Waals surface area contributed by atoms with Gasteiger partial charge in [0.25, 0.3) is 0 Å². The van der Waals surface area contributed by atoms with Gasteiger partial charge in [-0.05, 0) is 48.3 Å². The fourth-order valence-corrected chi connectivity index (χ4v) is 4.63. The molecule has 0 saturated carbocycles. The average Bonchev–Trinajstić information content (AvgIpc) is 3.09. The van der Waals surface area contributed by atoms with Crippen molar-refractivity contribution in [1.29, 1.82) is 0 Å². The standard InChI is InChI=1S/C21H25ClN2O3S/c1-28-24-6-4-15(5-7-24)13-27-21-14-26-19(9-20(21)25)12-23-10-16-2-3-18(22)8-17(16)11-23/h2-3,8-9,14-15H,4-7,10-13H2,1H3. The van der Waals surface area contributed by atoms with Gasteiger partial charge in [-0.2, -0.15) is 0 Å². The molecule has 1 aromatic carbocycles. The summed E-state index contributed by atoms with van der Waals surface area (Å²) in [5, 5.41) is 0.757. The van der Waals surface area contributed by atoms with Crippen molar-refractivity contribution in [3.63, 3.8) is 0 Å². The number of halogens is 1. The van der Waals surface area contributed by atoms with E-state index in [1.807, 2.05) is 12.1 Å². The molecule has 7 heteroatoms. The van der Waals surface area contributed by atoms with Gasteiger partial charge >= 0.3 is 0 Å². The molecule has 2 aliphatic rings. The summed E-state index contributed by atoms with van der Waals surface area (Å²) in [6.07, 6.45) is 5.78. The zero-order valence-electron chi connectivity index (χ0n) is 16.0. The van der Waals surface area contributed by atoms with Crippen molar-refractivity contribution in [1.82, 2.24) is 9.21 Å². The van der Waals surface area contributed by atoms with Crippen molar-refractivity contribution in [3.05, 3.63) is 62.7 Å². The van der Waals surface area contributed by atoms with Crippen molar-refractivity contribution < 1.29 is 9.15 Å². The number of benzene rings is 1. The van der Waals surface area contributed by atoms with Crippen LogP contribution in [0, 0.1) is 5.92 Å². The van der Waals surface area contributed by atoms with Crippen LogP contribution < -0.4 is 10.2 Å². The summed E-state index contributed by atoms with van der Waals surface area (Å²) in [4.78, 5) is 14.7. The molecule has 150 valence electrons. The van der Waals surface area contributed by atoms with Crippen molar-refractivity contribution in [2.24, 2.45) is 5.92 Å². The molecule has 2 aliphatic heterocycles. The van der Waals surface area contributed by atoms with Gasteiger partial charge in [-0.1, -0.05) is 29.6 Å². The van der Waals surface area contributed by atoms with E-state index >= 15 is 0 Å². The van der Waals surface area contributed by atoms with Gasteiger partial charge in [0, 0.05) is 37.3 Å². The zero-order valence-corrected chi connectivity index (χ0v) is 17.6. The van der Waals surface area contributed by atoms with Gasteiger partial charge in [0.2, 0.25) is 11.2 Å². The van der Waals surface area contributed by atoms with E-state index in [9.17, 15) is 4.79 Å². The number of nitrogens with zero attached hydrogens (tertiary/aromatic N) is 2. The molecule has 0 aliphatic carbocycles. The maximum absolute atomic E-state index is 12.4. The third kappa shape index (κ3) is 4.74. The van der Waals surface area contributed by atoms with E-state index in [4.69, 9.17) is 20.8 Å². The Balaban J connectivity index is 1.31. The van der Waals surface area contributed by atoms with Crippen LogP contribution in [0.2, 0.25) is 5.02 Å². The molecular weight excluding hydrogens is 396 g/mol. The second-order valence-electron chi connectivity index (χ2n) is 7.50. The fourth-order valence-electron chi connectivity index (χ4n) is 3.86. The van der Waals surface area contributed by atoms with Crippen LogP contribution in [0.5, 0.6) is 5.75 Å². The zero-order chi connectivity index (χ0) is 19.5. The molecule has 2 aromatic rings. The largest absolute Gasteiger partial charge is 0.486 e. The van der Waals surface area contributed by atoms with Crippen LogP contribution in [0.15, 0.2) is 39.7 Å². The summed E-state index contributed by atoms with van der Waals surface area (Å²) in [7, 11) is 0. The lowest BCUT2D eigenvalue weighted by Gasteiger charge is -2.29. The van der Waals surface area contributed by atoms with E-state index in [2.05, 4.69) is 21.5 Å². The Labute approximate surface area is 174 Å². The highest BCUT2D eigenvalue weighted by Gasteiger charge is 2.21. The Bertz CT molecular complexity index is 880. The molecule has 0 atom stereocenters. The molecule has 3 heterocycles. The molecule has 5 nitrogen and oxygen atoms in total. The smallest absolute Gasteiger partial charge is 0.227 e. The highest BCUT2D eigenvalue weighted by atomic mass is 35.5. The van der Waals surface area contributed by atoms with Crippen LogP contribution in [0.1, 0.15) is 29.7 Å². The molecular formula is C21H25ClN2O3S. The van der Waals surface area contributed by atoms with Crippen LogP contribution in [0.25, 0.3) is 0 Å². The summed E-state index contributed by atoms with van der Waals surface area (Å²) >= 11 is 7.87. The normalized spacial score (nSPS) is 18.4. The molecule has 28 heavy (non-hydrogen) atoms. The highest BCUT2D eigenvalue weighted by molar-refractivity contribution is 7.96. The van der Waals surface area contributed by atoms with Gasteiger partial charge < -0.3 is 9.15 Å². The maximum Gasteiger partial charge on any atom is 0.227 e. The fraction of sp³-hybridized carbons (Fsp3) is 0.476. The molecule has 0 N–H and O–H groups in total. The SMILES string of the molecule is CSN1CCC(COc2coc(CN3Cc4ccc(Cl)cc4C3)cc2=O)CC1. The molecule has 0 radical (unpaired) electrons. The van der Waals surface area contributed by atoms with E-state index in [0.717, 1.165) is 44.0 Å². The predicted octanol–water partition coefficient (Wildman–Crippen LogP) is 4.18. The summed E-state index contributed by atoms with van der Waals surface area (Å²) < 4.78 is 13.8. The lowest BCUT2D eigenvalue weighted by Crippen LogP contribution is -2.31. The molecule has 1 aromatic heterocycles. The van der Waals surface area contributed by atoms with Crippen LogP contribution in [-0.4, -0.2) is 35.2 Å². The first-order valence-corrected chi connectivity index (χ1v) is 11.2. The average molecular weight is 421 g/mol.